The number of aromatic amines is 1. The predicted octanol–water partition coefficient (Wildman–Crippen LogP) is 3.00. The molecule has 21 heavy (non-hydrogen) atoms. The number of rotatable bonds is 4. The maximum atomic E-state index is 12.3. The van der Waals surface area contributed by atoms with Crippen LogP contribution in [-0.2, 0) is 4.79 Å². The van der Waals surface area contributed by atoms with E-state index in [0.29, 0.717) is 17.4 Å². The minimum absolute atomic E-state index is 0.0635. The molecule has 1 aliphatic rings. The fourth-order valence-electron chi connectivity index (χ4n) is 2.50. The van der Waals surface area contributed by atoms with Gasteiger partial charge in [0.15, 0.2) is 5.82 Å². The molecule has 5 heteroatoms. The number of aromatic nitrogens is 2. The largest absolute Gasteiger partial charge is 0.399 e. The lowest BCUT2D eigenvalue weighted by molar-refractivity contribution is -0.117. The number of nitrogens with two attached hydrogens (primary N) is 1. The van der Waals surface area contributed by atoms with Crippen molar-refractivity contribution in [1.29, 1.82) is 0 Å². The summed E-state index contributed by atoms with van der Waals surface area (Å²) in [6.45, 7) is 1.88. The highest BCUT2D eigenvalue weighted by Crippen LogP contribution is 2.35. The van der Waals surface area contributed by atoms with Crippen molar-refractivity contribution >= 4 is 17.4 Å². The van der Waals surface area contributed by atoms with Crippen molar-refractivity contribution in [2.45, 2.75) is 38.0 Å². The van der Waals surface area contributed by atoms with Crippen LogP contribution in [0.2, 0.25) is 0 Å². The Morgan fingerprint density at radius 2 is 2.10 bits per heavy atom. The Kier molecular flexibility index (Phi) is 3.64. The Morgan fingerprint density at radius 1 is 1.38 bits per heavy atom. The number of carbonyl (C=O) groups excluding carboxylic acids is 1. The van der Waals surface area contributed by atoms with E-state index in [2.05, 4.69) is 15.5 Å². The van der Waals surface area contributed by atoms with Crippen molar-refractivity contribution in [3.8, 4) is 0 Å². The molecule has 110 valence electrons. The Labute approximate surface area is 123 Å². The molecule has 1 fully saturated rings. The zero-order chi connectivity index (χ0) is 14.8. The number of benzene rings is 1. The van der Waals surface area contributed by atoms with Crippen LogP contribution in [0.5, 0.6) is 0 Å². The fourth-order valence-corrected chi connectivity index (χ4v) is 2.50. The van der Waals surface area contributed by atoms with Crippen LogP contribution in [0.4, 0.5) is 11.5 Å². The molecule has 1 atom stereocenters. The lowest BCUT2D eigenvalue weighted by atomic mass is 9.83. The van der Waals surface area contributed by atoms with Gasteiger partial charge in [-0.05, 0) is 37.5 Å². The number of amides is 1. The van der Waals surface area contributed by atoms with E-state index in [9.17, 15) is 4.79 Å². The van der Waals surface area contributed by atoms with E-state index in [0.717, 1.165) is 11.3 Å². The maximum absolute atomic E-state index is 12.3. The molecule has 0 unspecified atom stereocenters. The summed E-state index contributed by atoms with van der Waals surface area (Å²) in [4.78, 5) is 12.3. The van der Waals surface area contributed by atoms with Crippen LogP contribution in [0.1, 0.15) is 49.3 Å². The van der Waals surface area contributed by atoms with Gasteiger partial charge in [-0.15, -0.1) is 0 Å². The van der Waals surface area contributed by atoms with Gasteiger partial charge >= 0.3 is 0 Å². The zero-order valence-corrected chi connectivity index (χ0v) is 12.1. The van der Waals surface area contributed by atoms with Crippen molar-refractivity contribution in [3.63, 3.8) is 0 Å². The van der Waals surface area contributed by atoms with Gasteiger partial charge in [-0.25, -0.2) is 0 Å². The van der Waals surface area contributed by atoms with E-state index in [-0.39, 0.29) is 11.8 Å². The van der Waals surface area contributed by atoms with Crippen LogP contribution in [0.25, 0.3) is 0 Å². The number of nitrogens with zero attached hydrogens (tertiary/aromatic N) is 1. The van der Waals surface area contributed by atoms with Gasteiger partial charge in [-0.2, -0.15) is 5.10 Å². The van der Waals surface area contributed by atoms with Gasteiger partial charge in [-0.3, -0.25) is 9.89 Å². The van der Waals surface area contributed by atoms with Crippen LogP contribution in [0.15, 0.2) is 30.3 Å². The first-order valence-electron chi connectivity index (χ1n) is 7.35. The Bertz CT molecular complexity index is 628. The molecule has 0 aliphatic heterocycles. The van der Waals surface area contributed by atoms with Gasteiger partial charge in [0.05, 0.1) is 5.92 Å². The van der Waals surface area contributed by atoms with Crippen LogP contribution >= 0.6 is 0 Å². The minimum Gasteiger partial charge on any atom is -0.399 e. The van der Waals surface area contributed by atoms with Crippen LogP contribution in [0, 0.1) is 0 Å². The van der Waals surface area contributed by atoms with Crippen molar-refractivity contribution < 1.29 is 4.79 Å². The zero-order valence-electron chi connectivity index (χ0n) is 12.1. The molecule has 1 heterocycles. The monoisotopic (exact) mass is 284 g/mol. The van der Waals surface area contributed by atoms with Gasteiger partial charge in [0, 0.05) is 23.4 Å². The third-order valence-corrected chi connectivity index (χ3v) is 4.22. The third-order valence-electron chi connectivity index (χ3n) is 4.22. The summed E-state index contributed by atoms with van der Waals surface area (Å²) in [5, 5.41) is 10.1. The molecule has 0 spiro atoms. The Morgan fingerprint density at radius 3 is 2.71 bits per heavy atom. The number of anilines is 2. The lowest BCUT2D eigenvalue weighted by Crippen LogP contribution is -2.19. The number of nitrogens with one attached hydrogen (secondary N) is 2. The number of carbonyl (C=O) groups is 1. The first-order chi connectivity index (χ1) is 10.1. The van der Waals surface area contributed by atoms with E-state index in [1.807, 2.05) is 37.3 Å². The number of hydrogen-bond acceptors (Lipinski definition) is 3. The molecule has 5 nitrogen and oxygen atoms in total. The Hall–Kier alpha value is -2.30. The van der Waals surface area contributed by atoms with E-state index < -0.39 is 0 Å². The predicted molar refractivity (Wildman–Crippen MR) is 83.1 cm³/mol. The fraction of sp³-hybridized carbons (Fsp3) is 0.375. The summed E-state index contributed by atoms with van der Waals surface area (Å²) in [7, 11) is 0. The highest BCUT2D eigenvalue weighted by molar-refractivity contribution is 5.94. The summed E-state index contributed by atoms with van der Waals surface area (Å²) in [5.74, 6) is 0.878. The average molecular weight is 284 g/mol. The Balaban J connectivity index is 1.64. The van der Waals surface area contributed by atoms with Crippen LogP contribution < -0.4 is 11.1 Å². The summed E-state index contributed by atoms with van der Waals surface area (Å²) in [6, 6.07) is 9.32. The molecular weight excluding hydrogens is 264 g/mol. The first-order valence-corrected chi connectivity index (χ1v) is 7.35. The summed E-state index contributed by atoms with van der Waals surface area (Å²) >= 11 is 0. The van der Waals surface area contributed by atoms with Crippen molar-refractivity contribution in [2.75, 3.05) is 11.1 Å². The molecule has 0 saturated heterocycles. The van der Waals surface area contributed by atoms with Crippen LogP contribution in [-0.4, -0.2) is 16.1 Å². The van der Waals surface area contributed by atoms with Crippen molar-refractivity contribution in [1.82, 2.24) is 10.2 Å². The second-order valence-corrected chi connectivity index (χ2v) is 5.71. The van der Waals surface area contributed by atoms with Gasteiger partial charge in [0.1, 0.15) is 0 Å². The van der Waals surface area contributed by atoms with Gasteiger partial charge in [-0.1, -0.05) is 18.6 Å². The summed E-state index contributed by atoms with van der Waals surface area (Å²) in [5.41, 5.74) is 8.42. The molecule has 1 aliphatic carbocycles. The summed E-state index contributed by atoms with van der Waals surface area (Å²) in [6.07, 6.45) is 3.69. The van der Waals surface area contributed by atoms with E-state index in [4.69, 9.17) is 5.73 Å². The molecule has 2 aromatic rings. The highest BCUT2D eigenvalue weighted by atomic mass is 16.1. The molecule has 4 N–H and O–H groups in total. The van der Waals surface area contributed by atoms with Gasteiger partial charge in [0.2, 0.25) is 5.91 Å². The summed E-state index contributed by atoms with van der Waals surface area (Å²) < 4.78 is 0. The number of nitrogen functional groups attached to an aromatic ring is 1. The molecule has 3 rings (SSSR count). The molecule has 1 saturated carbocycles. The quantitative estimate of drug-likeness (QED) is 0.755. The normalized spacial score (nSPS) is 16.2. The standard InChI is InChI=1S/C16H20N4O/c1-10(11-5-7-13(17)8-6-11)16(21)18-15-9-14(19-20-15)12-3-2-4-12/h5-10,12H,2-4,17H2,1H3,(H2,18,19,20,21)/t10-/m0/s1. The molecular formula is C16H20N4O. The highest BCUT2D eigenvalue weighted by Gasteiger charge is 2.22. The molecule has 0 radical (unpaired) electrons. The number of hydrogen-bond donors (Lipinski definition) is 3. The first kappa shape index (κ1) is 13.7. The van der Waals surface area contributed by atoms with E-state index >= 15 is 0 Å². The smallest absolute Gasteiger partial charge is 0.232 e. The molecule has 0 bridgehead atoms. The SMILES string of the molecule is C[C@H](C(=O)Nc1cc(C2CCC2)[nH]n1)c1ccc(N)cc1. The van der Waals surface area contributed by atoms with Gasteiger partial charge in [0.25, 0.3) is 0 Å². The number of H-pyrrole nitrogens is 1. The average Bonchev–Trinajstić information content (AvgIpc) is 2.85. The second kappa shape index (κ2) is 5.60. The van der Waals surface area contributed by atoms with Crippen LogP contribution in [0.3, 0.4) is 0 Å². The second-order valence-electron chi connectivity index (χ2n) is 5.71. The third kappa shape index (κ3) is 2.91. The molecule has 1 amide bonds. The van der Waals surface area contributed by atoms with Crippen molar-refractivity contribution in [2.24, 2.45) is 0 Å². The molecule has 1 aromatic carbocycles. The maximum Gasteiger partial charge on any atom is 0.232 e. The minimum atomic E-state index is -0.241. The van der Waals surface area contributed by atoms with Crippen molar-refractivity contribution in [3.05, 3.63) is 41.6 Å². The lowest BCUT2D eigenvalue weighted by Gasteiger charge is -2.23. The van der Waals surface area contributed by atoms with E-state index in [1.165, 1.54) is 19.3 Å². The van der Waals surface area contributed by atoms with Gasteiger partial charge < -0.3 is 11.1 Å². The van der Waals surface area contributed by atoms with E-state index in [1.54, 1.807) is 0 Å². The topological polar surface area (TPSA) is 83.8 Å². The molecule has 1 aromatic heterocycles.